The number of ether oxygens (including phenoxy) is 3. The highest BCUT2D eigenvalue weighted by Crippen LogP contribution is 2.37. The van der Waals surface area contributed by atoms with Crippen LogP contribution in [0.3, 0.4) is 0 Å². The Labute approximate surface area is 189 Å². The summed E-state index contributed by atoms with van der Waals surface area (Å²) in [5.74, 6) is 1.89. The zero-order valence-electron chi connectivity index (χ0n) is 18.1. The SMILES string of the molecule is CCOc1cc(CNCCCOc2ccccn2)cc(Cl)c1OCc1ccc(C)cc1. The zero-order chi connectivity index (χ0) is 21.9. The lowest BCUT2D eigenvalue weighted by molar-refractivity contribution is 0.269. The van der Waals surface area contributed by atoms with Crippen LogP contribution in [0.15, 0.2) is 60.8 Å². The molecule has 164 valence electrons. The van der Waals surface area contributed by atoms with E-state index in [9.17, 15) is 0 Å². The molecule has 1 heterocycles. The predicted octanol–water partition coefficient (Wildman–Crippen LogP) is 5.58. The molecule has 0 unspecified atom stereocenters. The fourth-order valence-corrected chi connectivity index (χ4v) is 3.29. The van der Waals surface area contributed by atoms with Crippen molar-refractivity contribution >= 4 is 11.6 Å². The van der Waals surface area contributed by atoms with Crippen LogP contribution < -0.4 is 19.5 Å². The highest BCUT2D eigenvalue weighted by molar-refractivity contribution is 6.32. The maximum absolute atomic E-state index is 6.53. The van der Waals surface area contributed by atoms with Crippen molar-refractivity contribution in [2.75, 3.05) is 19.8 Å². The lowest BCUT2D eigenvalue weighted by atomic mass is 10.1. The third-order valence-electron chi connectivity index (χ3n) is 4.59. The molecule has 0 aliphatic carbocycles. The zero-order valence-corrected chi connectivity index (χ0v) is 18.8. The Bertz CT molecular complexity index is 934. The van der Waals surface area contributed by atoms with Crippen molar-refractivity contribution in [2.24, 2.45) is 0 Å². The van der Waals surface area contributed by atoms with E-state index >= 15 is 0 Å². The molecule has 2 aromatic carbocycles. The van der Waals surface area contributed by atoms with Crippen LogP contribution in [0.2, 0.25) is 5.02 Å². The van der Waals surface area contributed by atoms with Gasteiger partial charge in [-0.1, -0.05) is 47.5 Å². The van der Waals surface area contributed by atoms with Crippen molar-refractivity contribution in [1.29, 1.82) is 0 Å². The molecule has 31 heavy (non-hydrogen) atoms. The smallest absolute Gasteiger partial charge is 0.213 e. The van der Waals surface area contributed by atoms with Gasteiger partial charge < -0.3 is 19.5 Å². The van der Waals surface area contributed by atoms with Crippen molar-refractivity contribution < 1.29 is 14.2 Å². The summed E-state index contributed by atoms with van der Waals surface area (Å²) in [5, 5.41) is 3.96. The molecule has 0 fully saturated rings. The van der Waals surface area contributed by atoms with Crippen LogP contribution in [-0.2, 0) is 13.2 Å². The maximum atomic E-state index is 6.53. The number of aromatic nitrogens is 1. The van der Waals surface area contributed by atoms with E-state index in [0.717, 1.165) is 24.1 Å². The molecule has 0 amide bonds. The minimum absolute atomic E-state index is 0.438. The fraction of sp³-hybridized carbons (Fsp3) is 0.320. The van der Waals surface area contributed by atoms with Crippen LogP contribution in [0.25, 0.3) is 0 Å². The molecule has 3 aromatic rings. The summed E-state index contributed by atoms with van der Waals surface area (Å²) < 4.78 is 17.4. The molecule has 0 saturated carbocycles. The van der Waals surface area contributed by atoms with Gasteiger partial charge in [-0.3, -0.25) is 0 Å². The molecular formula is C25H29ClN2O3. The van der Waals surface area contributed by atoms with Gasteiger partial charge >= 0.3 is 0 Å². The lowest BCUT2D eigenvalue weighted by Gasteiger charge is -2.16. The number of halogens is 1. The molecule has 0 aliphatic heterocycles. The number of aryl methyl sites for hydroxylation is 1. The van der Waals surface area contributed by atoms with Crippen LogP contribution >= 0.6 is 11.6 Å². The van der Waals surface area contributed by atoms with E-state index in [0.29, 0.717) is 48.8 Å². The monoisotopic (exact) mass is 440 g/mol. The highest BCUT2D eigenvalue weighted by Gasteiger charge is 2.13. The van der Waals surface area contributed by atoms with Crippen LogP contribution in [-0.4, -0.2) is 24.7 Å². The quantitative estimate of drug-likeness (QED) is 0.372. The summed E-state index contributed by atoms with van der Waals surface area (Å²) in [6, 6.07) is 17.8. The van der Waals surface area contributed by atoms with Gasteiger partial charge in [-0.2, -0.15) is 0 Å². The second-order valence-electron chi connectivity index (χ2n) is 7.16. The molecule has 0 saturated heterocycles. The number of rotatable bonds is 12. The molecular weight excluding hydrogens is 412 g/mol. The van der Waals surface area contributed by atoms with Gasteiger partial charge in [0.15, 0.2) is 11.5 Å². The molecule has 3 rings (SSSR count). The number of hydrogen-bond acceptors (Lipinski definition) is 5. The largest absolute Gasteiger partial charge is 0.490 e. The first-order chi connectivity index (χ1) is 15.2. The van der Waals surface area contributed by atoms with Crippen molar-refractivity contribution in [3.63, 3.8) is 0 Å². The Morgan fingerprint density at radius 2 is 1.81 bits per heavy atom. The van der Waals surface area contributed by atoms with E-state index in [1.165, 1.54) is 5.56 Å². The minimum Gasteiger partial charge on any atom is -0.490 e. The summed E-state index contributed by atoms with van der Waals surface area (Å²) >= 11 is 6.53. The number of benzene rings is 2. The number of nitrogens with zero attached hydrogens (tertiary/aromatic N) is 1. The molecule has 0 bridgehead atoms. The third kappa shape index (κ3) is 7.46. The Kier molecular flexibility index (Phi) is 9.00. The summed E-state index contributed by atoms with van der Waals surface area (Å²) in [6.45, 7) is 7.11. The third-order valence-corrected chi connectivity index (χ3v) is 4.87. The summed E-state index contributed by atoms with van der Waals surface area (Å²) in [7, 11) is 0. The molecule has 1 N–H and O–H groups in total. The van der Waals surface area contributed by atoms with Gasteiger partial charge in [-0.05, 0) is 56.1 Å². The number of pyridine rings is 1. The maximum Gasteiger partial charge on any atom is 0.213 e. The topological polar surface area (TPSA) is 52.6 Å². The average Bonchev–Trinajstić information content (AvgIpc) is 2.78. The van der Waals surface area contributed by atoms with Crippen LogP contribution in [0.1, 0.15) is 30.0 Å². The first-order valence-corrected chi connectivity index (χ1v) is 10.9. The van der Waals surface area contributed by atoms with Crippen molar-refractivity contribution in [3.8, 4) is 17.4 Å². The molecule has 6 heteroatoms. The van der Waals surface area contributed by atoms with Crippen molar-refractivity contribution in [2.45, 2.75) is 33.4 Å². The van der Waals surface area contributed by atoms with Crippen LogP contribution in [0, 0.1) is 6.92 Å². The van der Waals surface area contributed by atoms with Crippen LogP contribution in [0.4, 0.5) is 0 Å². The first kappa shape index (κ1) is 22.9. The van der Waals surface area contributed by atoms with Gasteiger partial charge in [0.2, 0.25) is 5.88 Å². The highest BCUT2D eigenvalue weighted by atomic mass is 35.5. The Balaban J connectivity index is 1.50. The Hall–Kier alpha value is -2.76. The van der Waals surface area contributed by atoms with Crippen molar-refractivity contribution in [3.05, 3.63) is 82.5 Å². The average molecular weight is 441 g/mol. The lowest BCUT2D eigenvalue weighted by Crippen LogP contribution is -2.17. The molecule has 1 aromatic heterocycles. The molecule has 0 radical (unpaired) electrons. The molecule has 0 atom stereocenters. The summed E-state index contributed by atoms with van der Waals surface area (Å²) in [4.78, 5) is 4.14. The van der Waals surface area contributed by atoms with Gasteiger partial charge in [0, 0.05) is 18.8 Å². The van der Waals surface area contributed by atoms with Gasteiger partial charge in [0.1, 0.15) is 6.61 Å². The molecule has 0 spiro atoms. The van der Waals surface area contributed by atoms with E-state index in [-0.39, 0.29) is 0 Å². The second-order valence-corrected chi connectivity index (χ2v) is 7.57. The molecule has 0 aliphatic rings. The number of nitrogens with one attached hydrogen (secondary N) is 1. The Morgan fingerprint density at radius 3 is 2.55 bits per heavy atom. The van der Waals surface area contributed by atoms with Gasteiger partial charge in [-0.25, -0.2) is 4.98 Å². The fourth-order valence-electron chi connectivity index (χ4n) is 3.01. The van der Waals surface area contributed by atoms with Crippen molar-refractivity contribution in [1.82, 2.24) is 10.3 Å². The van der Waals surface area contributed by atoms with E-state index in [2.05, 4.69) is 41.5 Å². The predicted molar refractivity (Wildman–Crippen MR) is 124 cm³/mol. The normalized spacial score (nSPS) is 10.7. The second kappa shape index (κ2) is 12.2. The van der Waals surface area contributed by atoms with Gasteiger partial charge in [0.25, 0.3) is 0 Å². The van der Waals surface area contributed by atoms with E-state index in [1.807, 2.05) is 37.3 Å². The van der Waals surface area contributed by atoms with E-state index < -0.39 is 0 Å². The summed E-state index contributed by atoms with van der Waals surface area (Å²) in [5.41, 5.74) is 3.35. The van der Waals surface area contributed by atoms with Gasteiger partial charge in [0.05, 0.1) is 18.2 Å². The van der Waals surface area contributed by atoms with Crippen LogP contribution in [0.5, 0.6) is 17.4 Å². The number of hydrogen-bond donors (Lipinski definition) is 1. The summed E-state index contributed by atoms with van der Waals surface area (Å²) in [6.07, 6.45) is 2.60. The minimum atomic E-state index is 0.438. The van der Waals surface area contributed by atoms with Gasteiger partial charge in [-0.15, -0.1) is 0 Å². The standard InChI is InChI=1S/C25H29ClN2O3/c1-3-29-23-16-21(17-27-12-6-14-30-24-7-4-5-13-28-24)15-22(26)25(23)31-18-20-10-8-19(2)9-11-20/h4-5,7-11,13,15-16,27H,3,6,12,14,17-18H2,1-2H3. The molecule has 5 nitrogen and oxygen atoms in total. The van der Waals surface area contributed by atoms with E-state index in [4.69, 9.17) is 25.8 Å². The first-order valence-electron chi connectivity index (χ1n) is 10.5. The van der Waals surface area contributed by atoms with E-state index in [1.54, 1.807) is 6.20 Å². The Morgan fingerprint density at radius 1 is 0.968 bits per heavy atom.